The molecule has 1 unspecified atom stereocenters. The van der Waals surface area contributed by atoms with E-state index < -0.39 is 6.09 Å². The van der Waals surface area contributed by atoms with Gasteiger partial charge in [-0.25, -0.2) is 14.8 Å². The number of anilines is 1. The second-order valence-corrected chi connectivity index (χ2v) is 10.5. The van der Waals surface area contributed by atoms with Gasteiger partial charge in [0.25, 0.3) is 0 Å². The van der Waals surface area contributed by atoms with E-state index in [1.54, 1.807) is 30.7 Å². The van der Waals surface area contributed by atoms with E-state index in [9.17, 15) is 9.90 Å². The van der Waals surface area contributed by atoms with Crippen molar-refractivity contribution in [3.8, 4) is 0 Å². The second-order valence-electron chi connectivity index (χ2n) is 9.49. The number of rotatable bonds is 4. The van der Waals surface area contributed by atoms with Crippen LogP contribution in [-0.2, 0) is 15.6 Å². The third-order valence-electron chi connectivity index (χ3n) is 6.31. The number of aliphatic imine (C=N–C) groups is 1. The third kappa shape index (κ3) is 3.68. The number of amides is 1. The van der Waals surface area contributed by atoms with E-state index in [0.29, 0.717) is 5.92 Å². The van der Waals surface area contributed by atoms with Gasteiger partial charge in [-0.15, -0.1) is 11.3 Å². The predicted molar refractivity (Wildman–Crippen MR) is 115 cm³/mol. The molecule has 1 fully saturated rings. The summed E-state index contributed by atoms with van der Waals surface area (Å²) in [6, 6.07) is 0. The van der Waals surface area contributed by atoms with E-state index in [1.807, 2.05) is 0 Å². The molecule has 4 rings (SSSR count). The van der Waals surface area contributed by atoms with Crippen LogP contribution in [0.5, 0.6) is 0 Å². The van der Waals surface area contributed by atoms with Gasteiger partial charge in [0.05, 0.1) is 11.8 Å². The number of thiazole rings is 1. The molecule has 1 aliphatic heterocycles. The largest absolute Gasteiger partial charge is 0.465 e. The molecule has 0 bridgehead atoms. The van der Waals surface area contributed by atoms with Gasteiger partial charge in [-0.3, -0.25) is 4.90 Å². The Hall–Kier alpha value is -1.93. The maximum atomic E-state index is 11.2. The number of fused-ring (bicyclic) bond motifs is 1. The molecule has 29 heavy (non-hydrogen) atoms. The van der Waals surface area contributed by atoms with Crippen molar-refractivity contribution in [2.24, 2.45) is 10.9 Å². The van der Waals surface area contributed by atoms with Gasteiger partial charge in [0.2, 0.25) is 0 Å². The van der Waals surface area contributed by atoms with Gasteiger partial charge in [0.15, 0.2) is 5.13 Å². The molecule has 1 saturated carbocycles. The first-order valence-corrected chi connectivity index (χ1v) is 11.0. The molecule has 3 aliphatic rings. The lowest BCUT2D eigenvalue weighted by atomic mass is 9.67. The summed E-state index contributed by atoms with van der Waals surface area (Å²) >= 11 is 1.75. The zero-order valence-corrected chi connectivity index (χ0v) is 18.6. The standard InChI is InChI=1S/C21H30N4O3S/c1-20(2)10-14(28-5)21(3,4)16-17(20)29-18(23-16)25(11-13-6-7-13)15-8-9-24(12-22-15)19(26)27/h8-9,13-14H,6-7,10-12H2,1-5H3,(H,26,27). The van der Waals surface area contributed by atoms with Crippen LogP contribution in [-0.4, -0.2) is 53.3 Å². The van der Waals surface area contributed by atoms with E-state index in [0.717, 1.165) is 29.6 Å². The van der Waals surface area contributed by atoms with Crippen LogP contribution in [0, 0.1) is 5.92 Å². The molecule has 1 N–H and O–H groups in total. The molecule has 0 spiro atoms. The first-order chi connectivity index (χ1) is 13.6. The van der Waals surface area contributed by atoms with Crippen molar-refractivity contribution in [2.75, 3.05) is 25.2 Å². The second kappa shape index (κ2) is 7.09. The number of amidine groups is 1. The number of aromatic nitrogens is 1. The Balaban J connectivity index is 1.71. The molecule has 158 valence electrons. The lowest BCUT2D eigenvalue weighted by Crippen LogP contribution is -2.45. The number of methoxy groups -OCH3 is 1. The van der Waals surface area contributed by atoms with Crippen molar-refractivity contribution in [3.05, 3.63) is 22.8 Å². The summed E-state index contributed by atoms with van der Waals surface area (Å²) in [5.41, 5.74) is 0.954. The molecule has 8 heteroatoms. The summed E-state index contributed by atoms with van der Waals surface area (Å²) in [5.74, 6) is 1.44. The minimum absolute atomic E-state index is 0.00296. The lowest BCUT2D eigenvalue weighted by Gasteiger charge is -2.43. The summed E-state index contributed by atoms with van der Waals surface area (Å²) in [6.45, 7) is 9.96. The highest BCUT2D eigenvalue weighted by Crippen LogP contribution is 2.50. The summed E-state index contributed by atoms with van der Waals surface area (Å²) in [4.78, 5) is 25.5. The van der Waals surface area contributed by atoms with Gasteiger partial charge in [-0.1, -0.05) is 27.7 Å². The summed E-state index contributed by atoms with van der Waals surface area (Å²) in [7, 11) is 1.79. The van der Waals surface area contributed by atoms with Gasteiger partial charge >= 0.3 is 6.09 Å². The number of hydrogen-bond donors (Lipinski definition) is 1. The predicted octanol–water partition coefficient (Wildman–Crippen LogP) is 4.20. The molecule has 2 heterocycles. The molecule has 1 aromatic heterocycles. The van der Waals surface area contributed by atoms with E-state index in [-0.39, 0.29) is 23.6 Å². The average Bonchev–Trinajstić information content (AvgIpc) is 3.37. The number of carbonyl (C=O) groups is 1. The normalized spacial score (nSPS) is 24.8. The van der Waals surface area contributed by atoms with Crippen molar-refractivity contribution in [1.29, 1.82) is 0 Å². The van der Waals surface area contributed by atoms with Gasteiger partial charge in [0.1, 0.15) is 12.5 Å². The van der Waals surface area contributed by atoms with Crippen LogP contribution in [0.4, 0.5) is 9.93 Å². The van der Waals surface area contributed by atoms with Gasteiger partial charge < -0.3 is 14.7 Å². The van der Waals surface area contributed by atoms with E-state index in [2.05, 4.69) is 37.6 Å². The first-order valence-electron chi connectivity index (χ1n) is 10.2. The minimum Gasteiger partial charge on any atom is -0.465 e. The fourth-order valence-corrected chi connectivity index (χ4v) is 5.56. The highest BCUT2D eigenvalue weighted by Gasteiger charge is 2.48. The third-order valence-corrected chi connectivity index (χ3v) is 7.75. The monoisotopic (exact) mass is 418 g/mol. The molecule has 2 aliphatic carbocycles. The van der Waals surface area contributed by atoms with Crippen molar-refractivity contribution in [3.63, 3.8) is 0 Å². The van der Waals surface area contributed by atoms with Gasteiger partial charge in [-0.2, -0.15) is 0 Å². The first kappa shape index (κ1) is 20.3. The average molecular weight is 419 g/mol. The van der Waals surface area contributed by atoms with E-state index >= 15 is 0 Å². The maximum absolute atomic E-state index is 11.2. The fourth-order valence-electron chi connectivity index (χ4n) is 4.19. The molecular weight excluding hydrogens is 388 g/mol. The zero-order chi connectivity index (χ0) is 21.0. The van der Waals surface area contributed by atoms with Crippen LogP contribution in [0.2, 0.25) is 0 Å². The van der Waals surface area contributed by atoms with Crippen LogP contribution in [0.25, 0.3) is 0 Å². The number of carboxylic acid groups (broad SMARTS) is 1. The lowest BCUT2D eigenvalue weighted by molar-refractivity contribution is 0.0136. The Labute approximate surface area is 176 Å². The SMILES string of the molecule is COC1CC(C)(C)c2sc(N(CC3CC3)C3=NCN(C(=O)O)C=C3)nc2C1(C)C. The molecule has 1 amide bonds. The van der Waals surface area contributed by atoms with Crippen LogP contribution >= 0.6 is 11.3 Å². The Bertz CT molecular complexity index is 869. The van der Waals surface area contributed by atoms with Crippen molar-refractivity contribution in [1.82, 2.24) is 9.88 Å². The van der Waals surface area contributed by atoms with E-state index in [4.69, 9.17) is 9.72 Å². The molecule has 0 saturated heterocycles. The topological polar surface area (TPSA) is 78.3 Å². The van der Waals surface area contributed by atoms with Gasteiger partial charge in [0, 0.05) is 35.6 Å². The van der Waals surface area contributed by atoms with Crippen LogP contribution in [0.1, 0.15) is 57.5 Å². The molecule has 0 aromatic carbocycles. The minimum atomic E-state index is -0.989. The molecule has 0 radical (unpaired) electrons. The fraction of sp³-hybridized carbons (Fsp3) is 0.667. The van der Waals surface area contributed by atoms with Crippen LogP contribution < -0.4 is 4.90 Å². The number of nitrogens with zero attached hydrogens (tertiary/aromatic N) is 4. The van der Waals surface area contributed by atoms with Crippen LogP contribution in [0.3, 0.4) is 0 Å². The summed E-state index contributed by atoms with van der Waals surface area (Å²) < 4.78 is 5.85. The highest BCUT2D eigenvalue weighted by atomic mass is 32.1. The number of hydrogen-bond acceptors (Lipinski definition) is 6. The van der Waals surface area contributed by atoms with Gasteiger partial charge in [-0.05, 0) is 31.3 Å². The highest BCUT2D eigenvalue weighted by molar-refractivity contribution is 7.16. The number of ether oxygens (including phenoxy) is 1. The van der Waals surface area contributed by atoms with Crippen molar-refractivity contribution >= 4 is 28.4 Å². The molecule has 1 aromatic rings. The zero-order valence-electron chi connectivity index (χ0n) is 17.8. The summed E-state index contributed by atoms with van der Waals surface area (Å²) in [5, 5.41) is 10.1. The smallest absolute Gasteiger partial charge is 0.412 e. The Morgan fingerprint density at radius 3 is 2.66 bits per heavy atom. The summed E-state index contributed by atoms with van der Waals surface area (Å²) in [6.07, 6.45) is 5.92. The molecular formula is C21H30N4O3S. The van der Waals surface area contributed by atoms with Crippen molar-refractivity contribution < 1.29 is 14.6 Å². The Morgan fingerprint density at radius 2 is 2.10 bits per heavy atom. The van der Waals surface area contributed by atoms with Crippen molar-refractivity contribution in [2.45, 2.75) is 63.9 Å². The van der Waals surface area contributed by atoms with Crippen LogP contribution in [0.15, 0.2) is 17.3 Å². The van der Waals surface area contributed by atoms with E-state index in [1.165, 1.54) is 22.6 Å². The quantitative estimate of drug-likeness (QED) is 0.793. The Morgan fingerprint density at radius 1 is 1.38 bits per heavy atom. The molecule has 7 nitrogen and oxygen atoms in total. The Kier molecular flexibility index (Phi) is 4.98. The maximum Gasteiger partial charge on any atom is 0.412 e. The molecule has 1 atom stereocenters.